The Balaban J connectivity index is 2.86. The monoisotopic (exact) mass is 238 g/mol. The Morgan fingerprint density at radius 1 is 1.50 bits per heavy atom. The topological polar surface area (TPSA) is 54.6 Å². The quantitative estimate of drug-likeness (QED) is 0.659. The molecular weight excluding hydrogens is 228 g/mol. The first-order valence-corrected chi connectivity index (χ1v) is 5.44. The van der Waals surface area contributed by atoms with E-state index in [0.29, 0.717) is 17.8 Å². The number of hydrogen-bond acceptors (Lipinski definition) is 3. The Labute approximate surface area is 97.4 Å². The fourth-order valence-corrected chi connectivity index (χ4v) is 2.12. The standard InChI is InChI=1S/C11H11ClN2O2/c1-7-3-2-4-8-9(13-16)11(15)14(6-5-12)10(7)8/h2-4,15H,5-6H2,1H3. The lowest BCUT2D eigenvalue weighted by atomic mass is 10.1. The Morgan fingerprint density at radius 2 is 2.25 bits per heavy atom. The zero-order valence-electron chi connectivity index (χ0n) is 8.77. The molecule has 0 radical (unpaired) electrons. The molecule has 0 bridgehead atoms. The van der Waals surface area contributed by atoms with Crippen LogP contribution in [0.3, 0.4) is 0 Å². The maximum Gasteiger partial charge on any atom is 0.222 e. The normalized spacial score (nSPS) is 10.9. The van der Waals surface area contributed by atoms with Crippen molar-refractivity contribution in [1.29, 1.82) is 0 Å². The molecule has 0 aliphatic rings. The number of halogens is 1. The SMILES string of the molecule is Cc1cccc2c(N=O)c(O)n(CCCl)c12. The van der Waals surface area contributed by atoms with E-state index in [-0.39, 0.29) is 11.6 Å². The van der Waals surface area contributed by atoms with Crippen molar-refractivity contribution < 1.29 is 5.11 Å². The highest BCUT2D eigenvalue weighted by Crippen LogP contribution is 2.39. The first-order chi connectivity index (χ1) is 7.70. The number of aromatic hydroxyl groups is 1. The number of nitroso groups, excluding NO2 is 1. The number of aryl methyl sites for hydroxylation is 2. The van der Waals surface area contributed by atoms with E-state index in [9.17, 15) is 10.0 Å². The molecule has 0 aliphatic carbocycles. The van der Waals surface area contributed by atoms with E-state index >= 15 is 0 Å². The molecule has 0 unspecified atom stereocenters. The molecule has 1 aromatic carbocycles. The number of para-hydroxylation sites is 1. The van der Waals surface area contributed by atoms with Crippen LogP contribution in [-0.4, -0.2) is 15.6 Å². The van der Waals surface area contributed by atoms with Crippen LogP contribution in [0.1, 0.15) is 5.56 Å². The lowest BCUT2D eigenvalue weighted by molar-refractivity contribution is 0.427. The summed E-state index contributed by atoms with van der Waals surface area (Å²) < 4.78 is 1.62. The van der Waals surface area contributed by atoms with Gasteiger partial charge in [0.2, 0.25) is 5.88 Å². The Kier molecular flexibility index (Phi) is 2.83. The van der Waals surface area contributed by atoms with E-state index in [4.69, 9.17) is 11.6 Å². The van der Waals surface area contributed by atoms with Gasteiger partial charge in [-0.2, -0.15) is 0 Å². The van der Waals surface area contributed by atoms with Crippen molar-refractivity contribution in [1.82, 2.24) is 4.57 Å². The van der Waals surface area contributed by atoms with Gasteiger partial charge in [-0.05, 0) is 17.7 Å². The molecule has 2 rings (SSSR count). The fraction of sp³-hybridized carbons (Fsp3) is 0.273. The molecule has 0 saturated heterocycles. The van der Waals surface area contributed by atoms with E-state index < -0.39 is 0 Å². The van der Waals surface area contributed by atoms with Crippen molar-refractivity contribution in [2.24, 2.45) is 5.18 Å². The number of nitrogens with zero attached hydrogens (tertiary/aromatic N) is 2. The van der Waals surface area contributed by atoms with Crippen molar-refractivity contribution >= 4 is 28.2 Å². The predicted molar refractivity (Wildman–Crippen MR) is 64.5 cm³/mol. The fourth-order valence-electron chi connectivity index (χ4n) is 1.95. The number of fused-ring (bicyclic) bond motifs is 1. The van der Waals surface area contributed by atoms with Crippen LogP contribution < -0.4 is 0 Å². The molecule has 2 aromatic rings. The largest absolute Gasteiger partial charge is 0.493 e. The highest BCUT2D eigenvalue weighted by Gasteiger charge is 2.17. The van der Waals surface area contributed by atoms with Gasteiger partial charge in [-0.25, -0.2) is 0 Å². The van der Waals surface area contributed by atoms with Gasteiger partial charge in [0, 0.05) is 17.8 Å². The van der Waals surface area contributed by atoms with Gasteiger partial charge in [0.1, 0.15) is 0 Å². The maximum atomic E-state index is 10.7. The van der Waals surface area contributed by atoms with E-state index in [1.54, 1.807) is 10.6 Å². The second kappa shape index (κ2) is 4.14. The van der Waals surface area contributed by atoms with Crippen LogP contribution in [0.15, 0.2) is 23.4 Å². The summed E-state index contributed by atoms with van der Waals surface area (Å²) in [6.07, 6.45) is 0. The van der Waals surface area contributed by atoms with Crippen molar-refractivity contribution in [2.75, 3.05) is 5.88 Å². The minimum atomic E-state index is -0.111. The number of hydrogen-bond donors (Lipinski definition) is 1. The molecule has 4 nitrogen and oxygen atoms in total. The van der Waals surface area contributed by atoms with Crippen molar-refractivity contribution in [2.45, 2.75) is 13.5 Å². The molecule has 0 fully saturated rings. The van der Waals surface area contributed by atoms with Crippen molar-refractivity contribution in [3.8, 4) is 5.88 Å². The number of aromatic nitrogens is 1. The van der Waals surface area contributed by atoms with Crippen LogP contribution in [0.4, 0.5) is 5.69 Å². The van der Waals surface area contributed by atoms with Crippen molar-refractivity contribution in [3.05, 3.63) is 28.7 Å². The van der Waals surface area contributed by atoms with Crippen LogP contribution in [-0.2, 0) is 6.54 Å². The number of rotatable bonds is 3. The van der Waals surface area contributed by atoms with E-state index in [1.807, 2.05) is 19.1 Å². The second-order valence-electron chi connectivity index (χ2n) is 3.58. The summed E-state index contributed by atoms with van der Waals surface area (Å²) in [6.45, 7) is 2.37. The molecule has 1 heterocycles. The van der Waals surface area contributed by atoms with Crippen LogP contribution in [0, 0.1) is 11.8 Å². The molecule has 84 valence electrons. The minimum Gasteiger partial charge on any atom is -0.493 e. The molecule has 5 heteroatoms. The van der Waals surface area contributed by atoms with Gasteiger partial charge in [-0.15, -0.1) is 16.5 Å². The van der Waals surface area contributed by atoms with Crippen LogP contribution in [0.2, 0.25) is 0 Å². The Hall–Kier alpha value is -1.55. The zero-order valence-corrected chi connectivity index (χ0v) is 9.53. The van der Waals surface area contributed by atoms with Gasteiger partial charge < -0.3 is 9.67 Å². The van der Waals surface area contributed by atoms with E-state index in [0.717, 1.165) is 11.1 Å². The van der Waals surface area contributed by atoms with E-state index in [1.165, 1.54) is 0 Å². The van der Waals surface area contributed by atoms with Crippen molar-refractivity contribution in [3.63, 3.8) is 0 Å². The third-order valence-corrected chi connectivity index (χ3v) is 2.80. The molecule has 0 spiro atoms. The summed E-state index contributed by atoms with van der Waals surface area (Å²) >= 11 is 5.67. The second-order valence-corrected chi connectivity index (χ2v) is 3.95. The Morgan fingerprint density at radius 3 is 2.88 bits per heavy atom. The van der Waals surface area contributed by atoms with Gasteiger partial charge in [-0.3, -0.25) is 0 Å². The van der Waals surface area contributed by atoms with Crippen LogP contribution >= 0.6 is 11.6 Å². The lowest BCUT2D eigenvalue weighted by Crippen LogP contribution is -1.98. The van der Waals surface area contributed by atoms with E-state index in [2.05, 4.69) is 5.18 Å². The first-order valence-electron chi connectivity index (χ1n) is 4.90. The lowest BCUT2D eigenvalue weighted by Gasteiger charge is -2.05. The Bertz CT molecular complexity index is 548. The summed E-state index contributed by atoms with van der Waals surface area (Å²) in [5.74, 6) is 0.254. The molecule has 0 saturated carbocycles. The average molecular weight is 239 g/mol. The highest BCUT2D eigenvalue weighted by atomic mass is 35.5. The smallest absolute Gasteiger partial charge is 0.222 e. The molecular formula is C11H11ClN2O2. The minimum absolute atomic E-state index is 0.0869. The summed E-state index contributed by atoms with van der Waals surface area (Å²) in [6, 6.07) is 5.52. The van der Waals surface area contributed by atoms with Gasteiger partial charge in [0.25, 0.3) is 0 Å². The summed E-state index contributed by atoms with van der Waals surface area (Å²) in [5, 5.41) is 13.4. The molecule has 0 amide bonds. The number of benzene rings is 1. The summed E-state index contributed by atoms with van der Waals surface area (Å²) in [5.41, 5.74) is 1.88. The third-order valence-electron chi connectivity index (χ3n) is 2.63. The molecule has 1 N–H and O–H groups in total. The zero-order chi connectivity index (χ0) is 11.7. The summed E-state index contributed by atoms with van der Waals surface area (Å²) in [4.78, 5) is 10.7. The summed E-state index contributed by atoms with van der Waals surface area (Å²) in [7, 11) is 0. The molecule has 0 aliphatic heterocycles. The molecule has 16 heavy (non-hydrogen) atoms. The van der Waals surface area contributed by atoms with Gasteiger partial charge in [0.05, 0.1) is 5.52 Å². The number of alkyl halides is 1. The average Bonchev–Trinajstić information content (AvgIpc) is 2.54. The predicted octanol–water partition coefficient (Wildman–Crippen LogP) is 3.29. The van der Waals surface area contributed by atoms with Gasteiger partial charge in [-0.1, -0.05) is 18.2 Å². The van der Waals surface area contributed by atoms with Gasteiger partial charge in [0.15, 0.2) is 5.69 Å². The first kappa shape index (κ1) is 11.0. The highest BCUT2D eigenvalue weighted by molar-refractivity contribution is 6.17. The van der Waals surface area contributed by atoms with Crippen LogP contribution in [0.5, 0.6) is 5.88 Å². The third kappa shape index (κ3) is 1.46. The molecule has 1 aromatic heterocycles. The molecule has 0 atom stereocenters. The maximum absolute atomic E-state index is 10.7. The van der Waals surface area contributed by atoms with Crippen LogP contribution in [0.25, 0.3) is 10.9 Å². The van der Waals surface area contributed by atoms with Gasteiger partial charge >= 0.3 is 0 Å².